The van der Waals surface area contributed by atoms with E-state index in [4.69, 9.17) is 15.0 Å². The van der Waals surface area contributed by atoms with Gasteiger partial charge in [-0.3, -0.25) is 0 Å². The SMILES string of the molecule is COCC(O)C(O)C1OC(C)=CC(N=[N+]=[N-])C1NC=C=O. The molecule has 1 rings (SSSR count). The van der Waals surface area contributed by atoms with Crippen molar-refractivity contribution in [2.24, 2.45) is 5.11 Å². The summed E-state index contributed by atoms with van der Waals surface area (Å²) in [5.74, 6) is 1.98. The first-order valence-corrected chi connectivity index (χ1v) is 6.25. The van der Waals surface area contributed by atoms with Crippen molar-refractivity contribution in [3.63, 3.8) is 0 Å². The summed E-state index contributed by atoms with van der Waals surface area (Å²) in [4.78, 5) is 13.1. The summed E-state index contributed by atoms with van der Waals surface area (Å²) in [6, 6.07) is -1.42. The zero-order chi connectivity index (χ0) is 15.8. The monoisotopic (exact) mass is 298 g/mol. The summed E-state index contributed by atoms with van der Waals surface area (Å²) in [6.45, 7) is 1.54. The van der Waals surface area contributed by atoms with Gasteiger partial charge in [-0.15, -0.1) is 0 Å². The third-order valence-electron chi connectivity index (χ3n) is 3.04. The molecule has 3 N–H and O–H groups in total. The van der Waals surface area contributed by atoms with Crippen LogP contribution in [-0.2, 0) is 14.3 Å². The zero-order valence-electron chi connectivity index (χ0n) is 11.7. The van der Waals surface area contributed by atoms with Gasteiger partial charge in [-0.25, -0.2) is 4.79 Å². The van der Waals surface area contributed by atoms with Crippen LogP contribution in [0.1, 0.15) is 6.92 Å². The van der Waals surface area contributed by atoms with Crippen molar-refractivity contribution in [3.8, 4) is 0 Å². The molecule has 0 saturated carbocycles. The number of rotatable bonds is 7. The molecular formula is C12H18N4O5. The van der Waals surface area contributed by atoms with E-state index in [1.54, 1.807) is 13.0 Å². The van der Waals surface area contributed by atoms with E-state index in [2.05, 4.69) is 15.3 Å². The second kappa shape index (κ2) is 8.31. The van der Waals surface area contributed by atoms with E-state index in [9.17, 15) is 15.0 Å². The lowest BCUT2D eigenvalue weighted by Gasteiger charge is -2.38. The Labute approximate surface area is 121 Å². The quantitative estimate of drug-likeness (QED) is 0.254. The van der Waals surface area contributed by atoms with Crippen molar-refractivity contribution >= 4 is 5.94 Å². The van der Waals surface area contributed by atoms with E-state index in [1.165, 1.54) is 13.1 Å². The molecule has 0 radical (unpaired) electrons. The molecule has 116 valence electrons. The highest BCUT2D eigenvalue weighted by Gasteiger charge is 2.40. The molecule has 1 aliphatic rings. The topological polar surface area (TPSA) is 137 Å². The molecule has 9 nitrogen and oxygen atoms in total. The molecule has 9 heteroatoms. The minimum Gasteiger partial charge on any atom is -0.490 e. The third kappa shape index (κ3) is 4.49. The predicted molar refractivity (Wildman–Crippen MR) is 72.6 cm³/mol. The number of aliphatic hydroxyl groups is 2. The number of azide groups is 1. The zero-order valence-corrected chi connectivity index (χ0v) is 11.7. The average molecular weight is 298 g/mol. The van der Waals surface area contributed by atoms with Crippen LogP contribution in [0.3, 0.4) is 0 Å². The van der Waals surface area contributed by atoms with Crippen LogP contribution in [-0.4, -0.2) is 60.3 Å². The van der Waals surface area contributed by atoms with Gasteiger partial charge in [0, 0.05) is 12.0 Å². The second-order valence-electron chi connectivity index (χ2n) is 4.52. The Morgan fingerprint density at radius 1 is 1.71 bits per heavy atom. The van der Waals surface area contributed by atoms with E-state index in [-0.39, 0.29) is 6.61 Å². The fourth-order valence-electron chi connectivity index (χ4n) is 2.12. The summed E-state index contributed by atoms with van der Waals surface area (Å²) in [6.07, 6.45) is -0.878. The molecular weight excluding hydrogens is 280 g/mol. The first-order valence-electron chi connectivity index (χ1n) is 6.25. The highest BCUT2D eigenvalue weighted by molar-refractivity contribution is 5.44. The van der Waals surface area contributed by atoms with Crippen LogP contribution in [0.2, 0.25) is 0 Å². The normalized spacial score (nSPS) is 27.2. The Hall–Kier alpha value is -2.02. The standard InChI is InChI=1S/C12H18N4O5/c1-7-5-8(15-16-13)10(14-3-4-17)12(21-7)11(19)9(18)6-20-2/h3,5,8-12,14,18-19H,6H2,1-2H3. The van der Waals surface area contributed by atoms with Gasteiger partial charge in [0.05, 0.1) is 30.6 Å². The Morgan fingerprint density at radius 3 is 3.00 bits per heavy atom. The van der Waals surface area contributed by atoms with Gasteiger partial charge in [0.1, 0.15) is 24.3 Å². The molecule has 0 aliphatic carbocycles. The largest absolute Gasteiger partial charge is 0.490 e. The fourth-order valence-corrected chi connectivity index (χ4v) is 2.12. The van der Waals surface area contributed by atoms with E-state index >= 15 is 0 Å². The lowest BCUT2D eigenvalue weighted by molar-refractivity contribution is -0.105. The molecule has 1 aliphatic heterocycles. The third-order valence-corrected chi connectivity index (χ3v) is 3.04. The first kappa shape index (κ1) is 17.0. The minimum absolute atomic E-state index is 0.0911. The summed E-state index contributed by atoms with van der Waals surface area (Å²) in [5, 5.41) is 26.3. The maximum Gasteiger partial charge on any atom is 0.147 e. The van der Waals surface area contributed by atoms with Crippen LogP contribution < -0.4 is 5.32 Å². The van der Waals surface area contributed by atoms with Crippen LogP contribution in [0.25, 0.3) is 10.4 Å². The maximum absolute atomic E-state index is 10.4. The van der Waals surface area contributed by atoms with Gasteiger partial charge in [0.15, 0.2) is 0 Å². The first-order chi connectivity index (χ1) is 10.0. The van der Waals surface area contributed by atoms with Gasteiger partial charge in [-0.2, -0.15) is 0 Å². The lowest BCUT2D eigenvalue weighted by atomic mass is 9.93. The lowest BCUT2D eigenvalue weighted by Crippen LogP contribution is -2.57. The van der Waals surface area contributed by atoms with Gasteiger partial charge < -0.3 is 25.0 Å². The van der Waals surface area contributed by atoms with Gasteiger partial charge in [-0.1, -0.05) is 5.11 Å². The smallest absolute Gasteiger partial charge is 0.147 e. The summed E-state index contributed by atoms with van der Waals surface area (Å²) in [7, 11) is 1.39. The van der Waals surface area contributed by atoms with Crippen LogP contribution in [0.4, 0.5) is 0 Å². The molecule has 0 spiro atoms. The molecule has 5 unspecified atom stereocenters. The number of ether oxygens (including phenoxy) is 2. The van der Waals surface area contributed by atoms with E-state index in [1.807, 2.05) is 0 Å². The van der Waals surface area contributed by atoms with Gasteiger partial charge in [0.25, 0.3) is 0 Å². The molecule has 0 amide bonds. The highest BCUT2D eigenvalue weighted by Crippen LogP contribution is 2.24. The van der Waals surface area contributed by atoms with Gasteiger partial charge in [-0.05, 0) is 18.5 Å². The van der Waals surface area contributed by atoms with Crippen molar-refractivity contribution in [2.75, 3.05) is 13.7 Å². The van der Waals surface area contributed by atoms with Crippen molar-refractivity contribution in [2.45, 2.75) is 37.3 Å². The van der Waals surface area contributed by atoms with Crippen molar-refractivity contribution in [1.82, 2.24) is 5.32 Å². The number of methoxy groups -OCH3 is 1. The molecule has 5 atom stereocenters. The Balaban J connectivity index is 3.04. The van der Waals surface area contributed by atoms with Crippen LogP contribution in [0.15, 0.2) is 23.1 Å². The number of nitrogens with zero attached hydrogens (tertiary/aromatic N) is 3. The maximum atomic E-state index is 10.4. The summed E-state index contributed by atoms with van der Waals surface area (Å²) < 4.78 is 10.3. The van der Waals surface area contributed by atoms with E-state index in [0.717, 1.165) is 6.20 Å². The van der Waals surface area contributed by atoms with Gasteiger partial charge in [0.2, 0.25) is 0 Å². The van der Waals surface area contributed by atoms with E-state index < -0.39 is 30.4 Å². The Morgan fingerprint density at radius 2 is 2.43 bits per heavy atom. The molecule has 0 fully saturated rings. The van der Waals surface area contributed by atoms with Gasteiger partial charge >= 0.3 is 0 Å². The number of carbonyl (C=O) groups excluding carboxylic acids is 1. The van der Waals surface area contributed by atoms with Crippen LogP contribution in [0.5, 0.6) is 0 Å². The Bertz CT molecular complexity index is 470. The van der Waals surface area contributed by atoms with Crippen LogP contribution >= 0.6 is 0 Å². The predicted octanol–water partition coefficient (Wildman–Crippen LogP) is -0.360. The Kier molecular flexibility index (Phi) is 6.74. The molecule has 0 bridgehead atoms. The fraction of sp³-hybridized carbons (Fsp3) is 0.667. The molecule has 0 aromatic heterocycles. The highest BCUT2D eigenvalue weighted by atomic mass is 16.5. The average Bonchev–Trinajstić information content (AvgIpc) is 2.45. The van der Waals surface area contributed by atoms with Crippen molar-refractivity contribution < 1.29 is 24.5 Å². The van der Waals surface area contributed by atoms with Crippen LogP contribution in [0, 0.1) is 0 Å². The molecule has 21 heavy (non-hydrogen) atoms. The second-order valence-corrected chi connectivity index (χ2v) is 4.52. The number of hydrogen-bond donors (Lipinski definition) is 3. The summed E-state index contributed by atoms with van der Waals surface area (Å²) in [5.41, 5.74) is 8.61. The number of nitrogens with one attached hydrogen (secondary N) is 1. The number of hydrogen-bond acceptors (Lipinski definition) is 7. The molecule has 1 heterocycles. The molecule has 0 aromatic carbocycles. The van der Waals surface area contributed by atoms with Crippen molar-refractivity contribution in [1.29, 1.82) is 0 Å². The molecule has 0 saturated heterocycles. The minimum atomic E-state index is -1.30. The van der Waals surface area contributed by atoms with Crippen molar-refractivity contribution in [3.05, 3.63) is 28.5 Å². The summed E-state index contributed by atoms with van der Waals surface area (Å²) >= 11 is 0. The number of aliphatic hydroxyl groups excluding tert-OH is 2. The number of allylic oxidation sites excluding steroid dienone is 1. The van der Waals surface area contributed by atoms with E-state index in [0.29, 0.717) is 5.76 Å². The molecule has 0 aromatic rings.